The number of hydrogen-bond acceptors (Lipinski definition) is 4. The van der Waals surface area contributed by atoms with E-state index >= 15 is 0 Å². The fourth-order valence-electron chi connectivity index (χ4n) is 3.23. The highest BCUT2D eigenvalue weighted by Gasteiger charge is 2.26. The van der Waals surface area contributed by atoms with Gasteiger partial charge in [-0.1, -0.05) is 59.6 Å². The number of para-hydroxylation sites is 1. The Balaban J connectivity index is 1.71. The SMILES string of the molecule is COc1ccc(CN(C(=O)COc2ccccc2Cl)[C@@H](C)C(=O)NCc2ccc(Cl)cc2)cc1. The van der Waals surface area contributed by atoms with Crippen molar-refractivity contribution in [3.8, 4) is 11.5 Å². The first-order valence-corrected chi connectivity index (χ1v) is 11.4. The topological polar surface area (TPSA) is 67.9 Å². The fourth-order valence-corrected chi connectivity index (χ4v) is 3.55. The van der Waals surface area contributed by atoms with Crippen molar-refractivity contribution in [1.82, 2.24) is 10.2 Å². The second-order valence-electron chi connectivity index (χ2n) is 7.61. The van der Waals surface area contributed by atoms with Gasteiger partial charge >= 0.3 is 0 Å². The van der Waals surface area contributed by atoms with Crippen LogP contribution in [0.25, 0.3) is 0 Å². The molecule has 0 saturated carbocycles. The molecule has 2 amide bonds. The van der Waals surface area contributed by atoms with Crippen LogP contribution in [-0.2, 0) is 22.7 Å². The van der Waals surface area contributed by atoms with E-state index in [0.717, 1.165) is 11.1 Å². The number of carbonyl (C=O) groups is 2. The van der Waals surface area contributed by atoms with Crippen LogP contribution < -0.4 is 14.8 Å². The number of ether oxygens (including phenoxy) is 2. The maximum absolute atomic E-state index is 13.2. The van der Waals surface area contributed by atoms with Gasteiger partial charge in [0.1, 0.15) is 17.5 Å². The second kappa shape index (κ2) is 12.3. The molecule has 0 radical (unpaired) electrons. The summed E-state index contributed by atoms with van der Waals surface area (Å²) in [5, 5.41) is 3.91. The summed E-state index contributed by atoms with van der Waals surface area (Å²) in [6.07, 6.45) is 0. The molecule has 0 saturated heterocycles. The Morgan fingerprint density at radius 2 is 1.59 bits per heavy atom. The molecule has 3 aromatic carbocycles. The molecule has 1 N–H and O–H groups in total. The quantitative estimate of drug-likeness (QED) is 0.419. The number of hydrogen-bond donors (Lipinski definition) is 1. The third kappa shape index (κ3) is 7.14. The van der Waals surface area contributed by atoms with E-state index in [4.69, 9.17) is 32.7 Å². The van der Waals surface area contributed by atoms with E-state index in [0.29, 0.717) is 28.1 Å². The van der Waals surface area contributed by atoms with E-state index in [1.165, 1.54) is 4.90 Å². The van der Waals surface area contributed by atoms with Gasteiger partial charge in [-0.05, 0) is 54.4 Å². The molecule has 0 bridgehead atoms. The first kappa shape index (κ1) is 25.4. The van der Waals surface area contributed by atoms with E-state index in [1.807, 2.05) is 36.4 Å². The number of rotatable bonds is 10. The number of carbonyl (C=O) groups excluding carboxylic acids is 2. The van der Waals surface area contributed by atoms with Crippen molar-refractivity contribution in [2.24, 2.45) is 0 Å². The van der Waals surface area contributed by atoms with E-state index < -0.39 is 6.04 Å². The smallest absolute Gasteiger partial charge is 0.261 e. The zero-order chi connectivity index (χ0) is 24.5. The molecule has 178 valence electrons. The van der Waals surface area contributed by atoms with E-state index in [-0.39, 0.29) is 25.0 Å². The lowest BCUT2D eigenvalue weighted by Gasteiger charge is -2.29. The molecule has 34 heavy (non-hydrogen) atoms. The number of nitrogens with one attached hydrogen (secondary N) is 1. The van der Waals surface area contributed by atoms with Gasteiger partial charge in [0, 0.05) is 18.1 Å². The van der Waals surface area contributed by atoms with E-state index in [2.05, 4.69) is 5.32 Å². The van der Waals surface area contributed by atoms with Crippen LogP contribution in [-0.4, -0.2) is 36.5 Å². The van der Waals surface area contributed by atoms with E-state index in [1.54, 1.807) is 50.4 Å². The molecule has 8 heteroatoms. The molecule has 0 aliphatic heterocycles. The summed E-state index contributed by atoms with van der Waals surface area (Å²) in [4.78, 5) is 27.6. The third-order valence-corrected chi connectivity index (χ3v) is 5.81. The summed E-state index contributed by atoms with van der Waals surface area (Å²) in [7, 11) is 1.59. The number of amides is 2. The van der Waals surface area contributed by atoms with Gasteiger partial charge in [0.15, 0.2) is 6.61 Å². The van der Waals surface area contributed by atoms with Crippen molar-refractivity contribution >= 4 is 35.0 Å². The highest BCUT2D eigenvalue weighted by Crippen LogP contribution is 2.23. The summed E-state index contributed by atoms with van der Waals surface area (Å²) < 4.78 is 10.8. The van der Waals surface area contributed by atoms with Gasteiger partial charge in [-0.25, -0.2) is 0 Å². The Morgan fingerprint density at radius 1 is 0.941 bits per heavy atom. The highest BCUT2D eigenvalue weighted by molar-refractivity contribution is 6.32. The molecule has 0 aliphatic rings. The summed E-state index contributed by atoms with van der Waals surface area (Å²) >= 11 is 12.1. The molecular weight excluding hydrogens is 475 g/mol. The molecule has 0 aromatic heterocycles. The number of methoxy groups -OCH3 is 1. The Kier molecular flexibility index (Phi) is 9.19. The molecule has 0 fully saturated rings. The number of nitrogens with zero attached hydrogens (tertiary/aromatic N) is 1. The molecule has 0 spiro atoms. The summed E-state index contributed by atoms with van der Waals surface area (Å²) in [5.74, 6) is 0.485. The summed E-state index contributed by atoms with van der Waals surface area (Å²) in [5.41, 5.74) is 1.75. The minimum Gasteiger partial charge on any atom is -0.497 e. The van der Waals surface area contributed by atoms with Crippen LogP contribution >= 0.6 is 23.2 Å². The van der Waals surface area contributed by atoms with Gasteiger partial charge in [0.25, 0.3) is 5.91 Å². The van der Waals surface area contributed by atoms with Crippen molar-refractivity contribution in [2.45, 2.75) is 26.1 Å². The van der Waals surface area contributed by atoms with Gasteiger partial charge in [0.2, 0.25) is 5.91 Å². The van der Waals surface area contributed by atoms with Gasteiger partial charge in [-0.15, -0.1) is 0 Å². The zero-order valence-electron chi connectivity index (χ0n) is 19.0. The predicted octanol–water partition coefficient (Wildman–Crippen LogP) is 5.11. The van der Waals surface area contributed by atoms with Crippen molar-refractivity contribution in [2.75, 3.05) is 13.7 Å². The molecule has 6 nitrogen and oxygen atoms in total. The summed E-state index contributed by atoms with van der Waals surface area (Å²) in [6.45, 7) is 1.98. The third-order valence-electron chi connectivity index (χ3n) is 5.25. The minimum absolute atomic E-state index is 0.226. The maximum atomic E-state index is 13.2. The van der Waals surface area contributed by atoms with Crippen molar-refractivity contribution in [3.05, 3.63) is 94.0 Å². The largest absolute Gasteiger partial charge is 0.497 e. The molecule has 0 heterocycles. The van der Waals surface area contributed by atoms with E-state index in [9.17, 15) is 9.59 Å². The van der Waals surface area contributed by atoms with Crippen molar-refractivity contribution in [3.63, 3.8) is 0 Å². The van der Waals surface area contributed by atoms with Crippen molar-refractivity contribution < 1.29 is 19.1 Å². The van der Waals surface area contributed by atoms with Crippen LogP contribution in [0.2, 0.25) is 10.0 Å². The lowest BCUT2D eigenvalue weighted by molar-refractivity contribution is -0.142. The van der Waals surface area contributed by atoms with Crippen LogP contribution in [0.15, 0.2) is 72.8 Å². The number of benzene rings is 3. The fraction of sp³-hybridized carbons (Fsp3) is 0.231. The summed E-state index contributed by atoms with van der Waals surface area (Å²) in [6, 6.07) is 20.7. The highest BCUT2D eigenvalue weighted by atomic mass is 35.5. The van der Waals surface area contributed by atoms with Crippen LogP contribution in [0, 0.1) is 0 Å². The maximum Gasteiger partial charge on any atom is 0.261 e. The molecule has 0 aliphatic carbocycles. The van der Waals surface area contributed by atoms with Crippen molar-refractivity contribution in [1.29, 1.82) is 0 Å². The Morgan fingerprint density at radius 3 is 2.24 bits per heavy atom. The normalized spacial score (nSPS) is 11.4. The number of halogens is 2. The first-order chi connectivity index (χ1) is 16.4. The Hall–Kier alpha value is -3.22. The van der Waals surface area contributed by atoms with Gasteiger partial charge < -0.3 is 19.7 Å². The monoisotopic (exact) mass is 500 g/mol. The van der Waals surface area contributed by atoms with Gasteiger partial charge in [-0.2, -0.15) is 0 Å². The molecule has 1 atom stereocenters. The van der Waals surface area contributed by atoms with Crippen LogP contribution in [0.3, 0.4) is 0 Å². The van der Waals surface area contributed by atoms with Gasteiger partial charge in [-0.3, -0.25) is 9.59 Å². The molecular formula is C26H26Cl2N2O4. The minimum atomic E-state index is -0.739. The lowest BCUT2D eigenvalue weighted by Crippen LogP contribution is -2.48. The Bertz CT molecular complexity index is 1100. The average Bonchev–Trinajstić information content (AvgIpc) is 2.86. The first-order valence-electron chi connectivity index (χ1n) is 10.7. The predicted molar refractivity (Wildman–Crippen MR) is 133 cm³/mol. The Labute approximate surface area is 209 Å². The average molecular weight is 501 g/mol. The van der Waals surface area contributed by atoms with Crippen LogP contribution in [0.4, 0.5) is 0 Å². The zero-order valence-corrected chi connectivity index (χ0v) is 20.5. The molecule has 0 unspecified atom stereocenters. The standard InChI is InChI=1S/C26H26Cl2N2O4/c1-18(26(32)29-15-19-7-11-21(27)12-8-19)30(16-20-9-13-22(33-2)14-10-20)25(31)17-34-24-6-4-3-5-23(24)28/h3-14,18H,15-17H2,1-2H3,(H,29,32)/t18-/m0/s1. The lowest BCUT2D eigenvalue weighted by atomic mass is 10.1. The molecule has 3 rings (SSSR count). The van der Waals surface area contributed by atoms with Crippen LogP contribution in [0.1, 0.15) is 18.1 Å². The van der Waals surface area contributed by atoms with Gasteiger partial charge in [0.05, 0.1) is 12.1 Å². The molecule has 3 aromatic rings. The van der Waals surface area contributed by atoms with Crippen LogP contribution in [0.5, 0.6) is 11.5 Å². The second-order valence-corrected chi connectivity index (χ2v) is 8.45.